The molecular formula is C11H12ClN. The molecule has 0 fully saturated rings. The fraction of sp³-hybridized carbons (Fsp3) is 0.273. The van der Waals surface area contributed by atoms with Gasteiger partial charge in [0.05, 0.1) is 5.88 Å². The van der Waals surface area contributed by atoms with Crippen LogP contribution in [0.15, 0.2) is 24.3 Å². The Morgan fingerprint density at radius 1 is 1.38 bits per heavy atom. The van der Waals surface area contributed by atoms with Crippen LogP contribution < -0.4 is 4.90 Å². The third-order valence-corrected chi connectivity index (χ3v) is 1.80. The first-order chi connectivity index (χ1) is 6.24. The van der Waals surface area contributed by atoms with E-state index in [1.54, 1.807) is 0 Å². The van der Waals surface area contributed by atoms with E-state index in [0.29, 0.717) is 5.88 Å². The average molecular weight is 194 g/mol. The summed E-state index contributed by atoms with van der Waals surface area (Å²) < 4.78 is 0. The Morgan fingerprint density at radius 2 is 2.15 bits per heavy atom. The van der Waals surface area contributed by atoms with Crippen LogP contribution in [0.25, 0.3) is 0 Å². The van der Waals surface area contributed by atoms with Crippen molar-refractivity contribution in [2.75, 3.05) is 24.9 Å². The molecular weight excluding hydrogens is 182 g/mol. The summed E-state index contributed by atoms with van der Waals surface area (Å²) >= 11 is 5.47. The molecule has 0 spiro atoms. The van der Waals surface area contributed by atoms with Crippen molar-refractivity contribution in [3.8, 4) is 11.8 Å². The number of anilines is 1. The Hall–Kier alpha value is -1.13. The molecule has 0 amide bonds. The largest absolute Gasteiger partial charge is 0.378 e. The van der Waals surface area contributed by atoms with E-state index in [-0.39, 0.29) is 0 Å². The summed E-state index contributed by atoms with van der Waals surface area (Å²) in [5.41, 5.74) is 2.16. The highest BCUT2D eigenvalue weighted by Crippen LogP contribution is 2.12. The second-order valence-corrected chi connectivity index (χ2v) is 3.15. The van der Waals surface area contributed by atoms with Crippen molar-refractivity contribution in [1.29, 1.82) is 0 Å². The summed E-state index contributed by atoms with van der Waals surface area (Å²) in [4.78, 5) is 2.05. The van der Waals surface area contributed by atoms with Gasteiger partial charge in [-0.05, 0) is 18.2 Å². The Balaban J connectivity index is 2.92. The first kappa shape index (κ1) is 9.95. The van der Waals surface area contributed by atoms with Gasteiger partial charge in [-0.15, -0.1) is 11.6 Å². The zero-order valence-corrected chi connectivity index (χ0v) is 8.60. The van der Waals surface area contributed by atoms with Gasteiger partial charge in [0.15, 0.2) is 0 Å². The second-order valence-electron chi connectivity index (χ2n) is 2.88. The van der Waals surface area contributed by atoms with E-state index in [0.717, 1.165) is 11.3 Å². The minimum atomic E-state index is 0.381. The number of hydrogen-bond donors (Lipinski definition) is 0. The number of rotatable bonds is 1. The molecule has 0 atom stereocenters. The van der Waals surface area contributed by atoms with Crippen LogP contribution in [0, 0.1) is 11.8 Å². The van der Waals surface area contributed by atoms with E-state index >= 15 is 0 Å². The maximum atomic E-state index is 5.47. The monoisotopic (exact) mass is 193 g/mol. The van der Waals surface area contributed by atoms with Crippen LogP contribution in [0.5, 0.6) is 0 Å². The molecule has 68 valence electrons. The van der Waals surface area contributed by atoms with Gasteiger partial charge in [-0.2, -0.15) is 0 Å². The molecule has 1 nitrogen and oxygen atoms in total. The Bertz CT molecular complexity index is 333. The highest BCUT2D eigenvalue weighted by atomic mass is 35.5. The molecule has 0 radical (unpaired) electrons. The first-order valence-electron chi connectivity index (χ1n) is 4.06. The Labute approximate surface area is 84.3 Å². The fourth-order valence-corrected chi connectivity index (χ4v) is 1.06. The van der Waals surface area contributed by atoms with Gasteiger partial charge < -0.3 is 4.90 Å². The average Bonchev–Trinajstić information content (AvgIpc) is 2.15. The maximum Gasteiger partial charge on any atom is 0.0839 e. The summed E-state index contributed by atoms with van der Waals surface area (Å²) in [5.74, 6) is 6.19. The molecule has 0 aliphatic carbocycles. The number of nitrogens with zero attached hydrogens (tertiary/aromatic N) is 1. The van der Waals surface area contributed by atoms with Crippen LogP contribution in [-0.2, 0) is 0 Å². The highest BCUT2D eigenvalue weighted by Gasteiger charge is 1.93. The van der Waals surface area contributed by atoms with E-state index in [4.69, 9.17) is 11.6 Å². The van der Waals surface area contributed by atoms with Gasteiger partial charge in [0.2, 0.25) is 0 Å². The first-order valence-corrected chi connectivity index (χ1v) is 4.59. The van der Waals surface area contributed by atoms with E-state index in [9.17, 15) is 0 Å². The second kappa shape index (κ2) is 4.79. The lowest BCUT2D eigenvalue weighted by Crippen LogP contribution is -2.08. The lowest BCUT2D eigenvalue weighted by Gasteiger charge is -2.11. The van der Waals surface area contributed by atoms with Gasteiger partial charge in [-0.1, -0.05) is 17.9 Å². The molecule has 0 heterocycles. The third kappa shape index (κ3) is 3.01. The van der Waals surface area contributed by atoms with Crippen molar-refractivity contribution in [3.05, 3.63) is 29.8 Å². The Morgan fingerprint density at radius 3 is 2.77 bits per heavy atom. The van der Waals surface area contributed by atoms with Crippen molar-refractivity contribution in [3.63, 3.8) is 0 Å². The minimum Gasteiger partial charge on any atom is -0.378 e. The lowest BCUT2D eigenvalue weighted by molar-refractivity contribution is 1.13. The number of benzene rings is 1. The smallest absolute Gasteiger partial charge is 0.0839 e. The number of halogens is 1. The van der Waals surface area contributed by atoms with Gasteiger partial charge in [-0.25, -0.2) is 0 Å². The predicted molar refractivity (Wildman–Crippen MR) is 58.4 cm³/mol. The fourth-order valence-electron chi connectivity index (χ4n) is 0.997. The summed E-state index contributed by atoms with van der Waals surface area (Å²) in [6, 6.07) is 8.06. The van der Waals surface area contributed by atoms with Crippen molar-refractivity contribution in [2.45, 2.75) is 0 Å². The van der Waals surface area contributed by atoms with Crippen LogP contribution in [0.4, 0.5) is 5.69 Å². The molecule has 0 aliphatic heterocycles. The molecule has 0 aliphatic rings. The number of hydrogen-bond acceptors (Lipinski definition) is 1. The zero-order valence-electron chi connectivity index (χ0n) is 7.84. The normalized spacial score (nSPS) is 8.85. The van der Waals surface area contributed by atoms with Crippen LogP contribution >= 0.6 is 11.6 Å². The van der Waals surface area contributed by atoms with Crippen molar-refractivity contribution >= 4 is 17.3 Å². The van der Waals surface area contributed by atoms with Crippen molar-refractivity contribution < 1.29 is 0 Å². The van der Waals surface area contributed by atoms with E-state index in [2.05, 4.69) is 11.8 Å². The van der Waals surface area contributed by atoms with Crippen LogP contribution in [0.3, 0.4) is 0 Å². The molecule has 0 unspecified atom stereocenters. The number of alkyl halides is 1. The highest BCUT2D eigenvalue weighted by molar-refractivity contribution is 6.19. The third-order valence-electron chi connectivity index (χ3n) is 1.66. The molecule has 0 aromatic heterocycles. The molecule has 1 rings (SSSR count). The standard InChI is InChI=1S/C11H12ClN/c1-13(2)11-7-3-5-10(9-11)6-4-8-12/h3,5,7,9H,8H2,1-2H3. The topological polar surface area (TPSA) is 3.24 Å². The van der Waals surface area contributed by atoms with Gasteiger partial charge in [0.25, 0.3) is 0 Å². The zero-order chi connectivity index (χ0) is 9.68. The van der Waals surface area contributed by atoms with Gasteiger partial charge in [-0.3, -0.25) is 0 Å². The quantitative estimate of drug-likeness (QED) is 0.489. The molecule has 13 heavy (non-hydrogen) atoms. The minimum absolute atomic E-state index is 0.381. The van der Waals surface area contributed by atoms with Crippen LogP contribution in [0.2, 0.25) is 0 Å². The summed E-state index contributed by atoms with van der Waals surface area (Å²) in [7, 11) is 4.02. The van der Waals surface area contributed by atoms with Gasteiger partial charge >= 0.3 is 0 Å². The van der Waals surface area contributed by atoms with Crippen LogP contribution in [-0.4, -0.2) is 20.0 Å². The van der Waals surface area contributed by atoms with Crippen LogP contribution in [0.1, 0.15) is 5.56 Å². The molecule has 0 N–H and O–H groups in total. The molecule has 0 saturated carbocycles. The molecule has 1 aromatic rings. The van der Waals surface area contributed by atoms with Gasteiger partial charge in [0, 0.05) is 25.3 Å². The molecule has 2 heteroatoms. The SMILES string of the molecule is CN(C)c1cccc(C#CCCl)c1. The van der Waals surface area contributed by atoms with Crippen molar-refractivity contribution in [2.24, 2.45) is 0 Å². The summed E-state index contributed by atoms with van der Waals surface area (Å²) in [6.07, 6.45) is 0. The summed E-state index contributed by atoms with van der Waals surface area (Å²) in [6.45, 7) is 0. The van der Waals surface area contributed by atoms with Crippen molar-refractivity contribution in [1.82, 2.24) is 0 Å². The lowest BCUT2D eigenvalue weighted by atomic mass is 10.2. The Kier molecular flexibility index (Phi) is 3.67. The summed E-state index contributed by atoms with van der Waals surface area (Å²) in [5, 5.41) is 0. The van der Waals surface area contributed by atoms with E-state index in [1.165, 1.54) is 0 Å². The molecule has 1 aromatic carbocycles. The predicted octanol–water partition coefficient (Wildman–Crippen LogP) is 2.34. The van der Waals surface area contributed by atoms with E-state index < -0.39 is 0 Å². The van der Waals surface area contributed by atoms with Gasteiger partial charge in [0.1, 0.15) is 0 Å². The maximum absolute atomic E-state index is 5.47. The molecule has 0 saturated heterocycles. The molecule has 0 bridgehead atoms. The van der Waals surface area contributed by atoms with E-state index in [1.807, 2.05) is 43.3 Å².